The molecule has 0 aliphatic carbocycles. The van der Waals surface area contributed by atoms with Gasteiger partial charge in [0.2, 0.25) is 0 Å². The van der Waals surface area contributed by atoms with Gasteiger partial charge in [-0.1, -0.05) is 0 Å². The summed E-state index contributed by atoms with van der Waals surface area (Å²) in [5.74, 6) is -0.000963. The van der Waals surface area contributed by atoms with E-state index in [0.29, 0.717) is 23.6 Å². The number of nitrogens with zero attached hydrogens (tertiary/aromatic N) is 1. The first-order chi connectivity index (χ1) is 13.0. The number of H-pyrrole nitrogens is 1. The molecule has 1 aliphatic heterocycles. The van der Waals surface area contributed by atoms with Crippen LogP contribution >= 0.6 is 0 Å². The van der Waals surface area contributed by atoms with Crippen molar-refractivity contribution < 1.29 is 13.9 Å². The Labute approximate surface area is 155 Å². The average Bonchev–Trinajstić information content (AvgIpc) is 3.30. The van der Waals surface area contributed by atoms with Crippen LogP contribution < -0.4 is 10.9 Å². The van der Waals surface area contributed by atoms with Crippen LogP contribution in [0.3, 0.4) is 0 Å². The van der Waals surface area contributed by atoms with Gasteiger partial charge in [-0.15, -0.1) is 0 Å². The van der Waals surface area contributed by atoms with Gasteiger partial charge in [0.05, 0.1) is 17.4 Å². The zero-order valence-corrected chi connectivity index (χ0v) is 15.5. The summed E-state index contributed by atoms with van der Waals surface area (Å²) < 4.78 is 11.0. The van der Waals surface area contributed by atoms with Crippen LogP contribution in [0.4, 0.5) is 5.69 Å². The van der Waals surface area contributed by atoms with Crippen molar-refractivity contribution in [2.45, 2.75) is 39.7 Å². The van der Waals surface area contributed by atoms with Crippen LogP contribution in [0.1, 0.15) is 51.8 Å². The highest BCUT2D eigenvalue weighted by Crippen LogP contribution is 2.29. The number of rotatable bonds is 3. The third-order valence-electron chi connectivity index (χ3n) is 5.17. The number of carbonyl (C=O) groups is 1. The van der Waals surface area contributed by atoms with E-state index in [2.05, 4.69) is 15.3 Å². The summed E-state index contributed by atoms with van der Waals surface area (Å²) in [5.41, 5.74) is 4.14. The molecule has 3 aromatic rings. The molecule has 3 heterocycles. The van der Waals surface area contributed by atoms with Crippen LogP contribution in [-0.4, -0.2) is 22.5 Å². The number of hydrogen-bond donors (Lipinski definition) is 2. The van der Waals surface area contributed by atoms with Gasteiger partial charge < -0.3 is 19.5 Å². The van der Waals surface area contributed by atoms with Gasteiger partial charge in [-0.3, -0.25) is 4.79 Å². The Morgan fingerprint density at radius 2 is 2.07 bits per heavy atom. The quantitative estimate of drug-likeness (QED) is 0.738. The Hall–Kier alpha value is -2.93. The average molecular weight is 367 g/mol. The minimum absolute atomic E-state index is 0.0125. The molecule has 1 unspecified atom stereocenters. The summed E-state index contributed by atoms with van der Waals surface area (Å²) in [6, 6.07) is 3.54. The van der Waals surface area contributed by atoms with Crippen LogP contribution in [0.25, 0.3) is 11.0 Å². The predicted octanol–water partition coefficient (Wildman–Crippen LogP) is 3.55. The van der Waals surface area contributed by atoms with Crippen molar-refractivity contribution in [3.8, 4) is 0 Å². The van der Waals surface area contributed by atoms with Crippen LogP contribution in [0, 0.1) is 20.8 Å². The Morgan fingerprint density at radius 3 is 2.78 bits per heavy atom. The molecule has 1 aliphatic rings. The fourth-order valence-electron chi connectivity index (χ4n) is 3.53. The van der Waals surface area contributed by atoms with E-state index < -0.39 is 11.5 Å². The van der Waals surface area contributed by atoms with Gasteiger partial charge in [0, 0.05) is 12.3 Å². The number of imidazole rings is 1. The standard InChI is InChI=1S/C20H21N3O4/c1-10-7-16(15-5-4-6-26-15)27-20(25)17(10)19(24)23-13-8-14-18(22-9-21-14)12(3)11(13)2/h7-9,15H,4-6H2,1-3H3,(H,21,22)(H,23,24). The van der Waals surface area contributed by atoms with Crippen LogP contribution in [-0.2, 0) is 4.74 Å². The molecule has 7 heteroatoms. The molecule has 2 N–H and O–H groups in total. The van der Waals surface area contributed by atoms with E-state index in [0.717, 1.165) is 35.0 Å². The number of anilines is 1. The van der Waals surface area contributed by atoms with E-state index in [1.807, 2.05) is 19.9 Å². The van der Waals surface area contributed by atoms with Gasteiger partial charge in [-0.05, 0) is 62.4 Å². The van der Waals surface area contributed by atoms with E-state index in [4.69, 9.17) is 9.15 Å². The molecular formula is C20H21N3O4. The number of ether oxygens (including phenoxy) is 1. The van der Waals surface area contributed by atoms with Crippen molar-refractivity contribution in [3.63, 3.8) is 0 Å². The van der Waals surface area contributed by atoms with Crippen molar-refractivity contribution in [1.29, 1.82) is 0 Å². The van der Waals surface area contributed by atoms with E-state index in [9.17, 15) is 9.59 Å². The molecule has 140 valence electrons. The highest BCUT2D eigenvalue weighted by molar-refractivity contribution is 6.06. The predicted molar refractivity (Wildman–Crippen MR) is 101 cm³/mol. The van der Waals surface area contributed by atoms with Crippen LogP contribution in [0.15, 0.2) is 27.7 Å². The molecule has 4 rings (SSSR count). The highest BCUT2D eigenvalue weighted by Gasteiger charge is 2.24. The topological polar surface area (TPSA) is 97.2 Å². The molecule has 2 aromatic heterocycles. The maximum Gasteiger partial charge on any atom is 0.349 e. The lowest BCUT2D eigenvalue weighted by molar-refractivity contribution is 0.0895. The number of hydrogen-bond acceptors (Lipinski definition) is 5. The number of aryl methyl sites for hydroxylation is 2. The summed E-state index contributed by atoms with van der Waals surface area (Å²) in [6.45, 7) is 6.25. The third-order valence-corrected chi connectivity index (χ3v) is 5.17. The van der Waals surface area contributed by atoms with Gasteiger partial charge in [0.15, 0.2) is 0 Å². The van der Waals surface area contributed by atoms with E-state index in [1.54, 1.807) is 19.3 Å². The van der Waals surface area contributed by atoms with Crippen molar-refractivity contribution in [2.24, 2.45) is 0 Å². The Bertz CT molecular complexity index is 1090. The number of aromatic amines is 1. The van der Waals surface area contributed by atoms with Crippen molar-refractivity contribution in [1.82, 2.24) is 9.97 Å². The molecule has 1 amide bonds. The van der Waals surface area contributed by atoms with E-state index in [1.165, 1.54) is 0 Å². The first kappa shape index (κ1) is 17.5. The van der Waals surface area contributed by atoms with Crippen LogP contribution in [0.2, 0.25) is 0 Å². The fourth-order valence-corrected chi connectivity index (χ4v) is 3.53. The van der Waals surface area contributed by atoms with Gasteiger partial charge in [-0.25, -0.2) is 9.78 Å². The zero-order valence-electron chi connectivity index (χ0n) is 15.5. The fraction of sp³-hybridized carbons (Fsp3) is 0.350. The lowest BCUT2D eigenvalue weighted by atomic mass is 10.0. The molecule has 0 bridgehead atoms. The largest absolute Gasteiger partial charge is 0.424 e. The number of fused-ring (bicyclic) bond motifs is 1. The second kappa shape index (κ2) is 6.66. The van der Waals surface area contributed by atoms with Crippen molar-refractivity contribution >= 4 is 22.6 Å². The summed E-state index contributed by atoms with van der Waals surface area (Å²) in [5, 5.41) is 2.84. The summed E-state index contributed by atoms with van der Waals surface area (Å²) in [7, 11) is 0. The maximum absolute atomic E-state index is 12.8. The summed E-state index contributed by atoms with van der Waals surface area (Å²) in [4.78, 5) is 32.6. The number of amides is 1. The van der Waals surface area contributed by atoms with Gasteiger partial charge in [0.1, 0.15) is 17.4 Å². The third kappa shape index (κ3) is 3.04. The highest BCUT2D eigenvalue weighted by atomic mass is 16.5. The Balaban J connectivity index is 1.67. The van der Waals surface area contributed by atoms with E-state index >= 15 is 0 Å². The number of nitrogens with one attached hydrogen (secondary N) is 2. The lowest BCUT2D eigenvalue weighted by Crippen LogP contribution is -2.24. The van der Waals surface area contributed by atoms with Crippen molar-refractivity contribution in [3.05, 3.63) is 56.9 Å². The molecule has 1 atom stereocenters. The first-order valence-corrected chi connectivity index (χ1v) is 8.96. The van der Waals surface area contributed by atoms with Gasteiger partial charge >= 0.3 is 5.63 Å². The lowest BCUT2D eigenvalue weighted by Gasteiger charge is -2.13. The molecule has 1 saturated heterocycles. The number of benzene rings is 1. The Kier molecular flexibility index (Phi) is 4.31. The summed E-state index contributed by atoms with van der Waals surface area (Å²) in [6.07, 6.45) is 3.16. The summed E-state index contributed by atoms with van der Waals surface area (Å²) >= 11 is 0. The minimum atomic E-state index is -0.644. The molecule has 0 radical (unpaired) electrons. The van der Waals surface area contributed by atoms with Crippen LogP contribution in [0.5, 0.6) is 0 Å². The first-order valence-electron chi connectivity index (χ1n) is 8.96. The molecule has 1 fully saturated rings. The molecule has 0 saturated carbocycles. The molecule has 1 aromatic carbocycles. The second-order valence-corrected chi connectivity index (χ2v) is 6.92. The van der Waals surface area contributed by atoms with Crippen molar-refractivity contribution in [2.75, 3.05) is 11.9 Å². The maximum atomic E-state index is 12.8. The molecular weight excluding hydrogens is 346 g/mol. The normalized spacial score (nSPS) is 16.8. The van der Waals surface area contributed by atoms with Gasteiger partial charge in [0.25, 0.3) is 5.91 Å². The number of aromatic nitrogens is 2. The Morgan fingerprint density at radius 1 is 1.26 bits per heavy atom. The van der Waals surface area contributed by atoms with E-state index in [-0.39, 0.29) is 11.7 Å². The number of carbonyl (C=O) groups excluding carboxylic acids is 1. The monoisotopic (exact) mass is 367 g/mol. The SMILES string of the molecule is Cc1cc(C2CCCO2)oc(=O)c1C(=O)Nc1cc2[nH]cnc2c(C)c1C. The second-order valence-electron chi connectivity index (χ2n) is 6.92. The molecule has 27 heavy (non-hydrogen) atoms. The zero-order chi connectivity index (χ0) is 19.1. The smallest absolute Gasteiger partial charge is 0.349 e. The molecule has 7 nitrogen and oxygen atoms in total. The molecule has 0 spiro atoms. The van der Waals surface area contributed by atoms with Gasteiger partial charge in [-0.2, -0.15) is 0 Å². The minimum Gasteiger partial charge on any atom is -0.424 e.